The number of thiophene rings is 1. The maximum absolute atomic E-state index is 13.3. The van der Waals surface area contributed by atoms with Crippen LogP contribution in [0.15, 0.2) is 69.8 Å². The SMILES string of the molecule is O=S(=O)(c1ccc(Cl)cc1)N(Cc1cccs1)S(=O)(=O)c1cc(C(F)(F)F)cc(C(F)(F)F)c1. The number of alkyl halides is 6. The van der Waals surface area contributed by atoms with Crippen LogP contribution in [-0.2, 0) is 38.9 Å². The average Bonchev–Trinajstić information content (AvgIpc) is 3.24. The second-order valence-electron chi connectivity index (χ2n) is 6.72. The third-order valence-electron chi connectivity index (χ3n) is 4.37. The monoisotopic (exact) mass is 563 g/mol. The molecule has 184 valence electrons. The zero-order valence-corrected chi connectivity index (χ0v) is 19.6. The third kappa shape index (κ3) is 5.57. The fraction of sp³-hybridized carbons (Fsp3) is 0.158. The van der Waals surface area contributed by atoms with Crippen molar-refractivity contribution in [2.24, 2.45) is 0 Å². The van der Waals surface area contributed by atoms with Crippen molar-refractivity contribution in [2.45, 2.75) is 28.7 Å². The largest absolute Gasteiger partial charge is 0.416 e. The molecular formula is C19H12ClF6NO4S3. The van der Waals surface area contributed by atoms with Gasteiger partial charge in [0.25, 0.3) is 20.0 Å². The highest BCUT2D eigenvalue weighted by molar-refractivity contribution is 8.04. The van der Waals surface area contributed by atoms with Crippen molar-refractivity contribution in [1.82, 2.24) is 3.71 Å². The van der Waals surface area contributed by atoms with Crippen LogP contribution in [0.25, 0.3) is 0 Å². The van der Waals surface area contributed by atoms with Crippen LogP contribution in [0.3, 0.4) is 0 Å². The van der Waals surface area contributed by atoms with Gasteiger partial charge in [0.15, 0.2) is 0 Å². The molecular weight excluding hydrogens is 552 g/mol. The Bertz CT molecular complexity index is 1350. The lowest BCUT2D eigenvalue weighted by Gasteiger charge is -2.23. The minimum absolute atomic E-state index is 0.0383. The number of sulfonamides is 2. The summed E-state index contributed by atoms with van der Waals surface area (Å²) in [4.78, 5) is -1.90. The van der Waals surface area contributed by atoms with Crippen molar-refractivity contribution in [3.63, 3.8) is 0 Å². The third-order valence-corrected chi connectivity index (χ3v) is 9.69. The molecule has 15 heteroatoms. The molecule has 0 aliphatic heterocycles. The zero-order chi connectivity index (χ0) is 25.5. The Morgan fingerprint density at radius 3 is 1.71 bits per heavy atom. The lowest BCUT2D eigenvalue weighted by Crippen LogP contribution is -2.36. The van der Waals surface area contributed by atoms with Crippen LogP contribution in [0.5, 0.6) is 0 Å². The average molecular weight is 564 g/mol. The second kappa shape index (κ2) is 9.15. The van der Waals surface area contributed by atoms with E-state index in [1.807, 2.05) is 0 Å². The van der Waals surface area contributed by atoms with Gasteiger partial charge in [0.1, 0.15) is 0 Å². The first-order chi connectivity index (χ1) is 15.5. The lowest BCUT2D eigenvalue weighted by atomic mass is 10.1. The number of halogens is 7. The van der Waals surface area contributed by atoms with Crippen LogP contribution in [0.1, 0.15) is 16.0 Å². The van der Waals surface area contributed by atoms with Crippen molar-refractivity contribution < 1.29 is 43.2 Å². The van der Waals surface area contributed by atoms with E-state index in [4.69, 9.17) is 11.6 Å². The molecule has 0 atom stereocenters. The first-order valence-corrected chi connectivity index (χ1v) is 13.0. The highest BCUT2D eigenvalue weighted by Crippen LogP contribution is 2.39. The molecule has 5 nitrogen and oxygen atoms in total. The van der Waals surface area contributed by atoms with Gasteiger partial charge < -0.3 is 0 Å². The number of benzene rings is 2. The summed E-state index contributed by atoms with van der Waals surface area (Å²) in [5, 5.41) is 1.60. The second-order valence-corrected chi connectivity index (χ2v) is 12.1. The standard InChI is InChI=1S/C19H12ClF6NO4S3/c20-14-3-5-16(6-4-14)33(28,29)27(11-15-2-1-7-32-15)34(30,31)17-9-12(18(21,22)23)8-13(10-17)19(24,25)26/h1-10H,11H2. The Hall–Kier alpha value is -2.13. The molecule has 0 aliphatic rings. The van der Waals surface area contributed by atoms with Gasteiger partial charge in [-0.3, -0.25) is 0 Å². The quantitative estimate of drug-likeness (QED) is 0.344. The van der Waals surface area contributed by atoms with E-state index < -0.39 is 59.9 Å². The molecule has 0 radical (unpaired) electrons. The maximum atomic E-state index is 13.3. The fourth-order valence-corrected chi connectivity index (χ4v) is 7.40. The van der Waals surface area contributed by atoms with Crippen molar-refractivity contribution in [3.8, 4) is 0 Å². The maximum Gasteiger partial charge on any atom is 0.416 e. The molecule has 2 aromatic carbocycles. The predicted molar refractivity (Wildman–Crippen MR) is 112 cm³/mol. The van der Waals surface area contributed by atoms with Crippen molar-refractivity contribution in [1.29, 1.82) is 0 Å². The van der Waals surface area contributed by atoms with Gasteiger partial charge in [-0.15, -0.1) is 11.3 Å². The van der Waals surface area contributed by atoms with Crippen LogP contribution in [-0.4, -0.2) is 20.5 Å². The van der Waals surface area contributed by atoms with Crippen LogP contribution < -0.4 is 0 Å². The van der Waals surface area contributed by atoms with Gasteiger partial charge in [-0.05, 0) is 53.9 Å². The Kier molecular flexibility index (Phi) is 7.12. The molecule has 3 rings (SSSR count). The molecule has 1 heterocycles. The topological polar surface area (TPSA) is 71.5 Å². The van der Waals surface area contributed by atoms with E-state index in [1.165, 1.54) is 17.5 Å². The number of rotatable bonds is 6. The predicted octanol–water partition coefficient (Wildman–Crippen LogP) is 6.02. The van der Waals surface area contributed by atoms with E-state index >= 15 is 0 Å². The van der Waals surface area contributed by atoms with E-state index in [1.54, 1.807) is 0 Å². The van der Waals surface area contributed by atoms with E-state index in [2.05, 4.69) is 0 Å². The summed E-state index contributed by atoms with van der Waals surface area (Å²) in [7, 11) is -10.4. The van der Waals surface area contributed by atoms with Crippen LogP contribution in [0.2, 0.25) is 5.02 Å². The molecule has 0 aliphatic carbocycles. The highest BCUT2D eigenvalue weighted by Gasteiger charge is 2.42. The number of nitrogens with zero attached hydrogens (tertiary/aromatic N) is 1. The summed E-state index contributed by atoms with van der Waals surface area (Å²) in [5.41, 5.74) is -3.80. The molecule has 0 saturated heterocycles. The minimum atomic E-state index is -5.44. The molecule has 0 spiro atoms. The molecule has 1 aromatic heterocycles. The van der Waals surface area contributed by atoms with Gasteiger partial charge >= 0.3 is 12.4 Å². The normalized spacial score (nSPS) is 13.4. The molecule has 0 bridgehead atoms. The summed E-state index contributed by atoms with van der Waals surface area (Å²) in [6, 6.07) is 6.68. The van der Waals surface area contributed by atoms with Gasteiger partial charge in [0.2, 0.25) is 0 Å². The first-order valence-electron chi connectivity index (χ1n) is 8.88. The molecule has 0 amide bonds. The van der Waals surface area contributed by atoms with Crippen molar-refractivity contribution >= 4 is 43.0 Å². The zero-order valence-electron chi connectivity index (χ0n) is 16.4. The minimum Gasteiger partial charge on any atom is -0.206 e. The molecule has 34 heavy (non-hydrogen) atoms. The summed E-state index contributed by atoms with van der Waals surface area (Å²) < 4.78 is 132. The summed E-state index contributed by atoms with van der Waals surface area (Å²) in [6.07, 6.45) is -10.7. The van der Waals surface area contributed by atoms with Crippen molar-refractivity contribution in [2.75, 3.05) is 0 Å². The Balaban J connectivity index is 2.26. The Morgan fingerprint density at radius 1 is 0.765 bits per heavy atom. The van der Waals surface area contributed by atoms with Gasteiger partial charge in [0, 0.05) is 9.90 Å². The lowest BCUT2D eigenvalue weighted by molar-refractivity contribution is -0.143. The summed E-state index contributed by atoms with van der Waals surface area (Å²) in [6.45, 7) is -0.859. The molecule has 0 saturated carbocycles. The molecule has 3 aromatic rings. The van der Waals surface area contributed by atoms with Gasteiger partial charge in [0.05, 0.1) is 27.5 Å². The molecule has 0 unspecified atom stereocenters. The molecule has 0 fully saturated rings. The van der Waals surface area contributed by atoms with Crippen LogP contribution >= 0.6 is 22.9 Å². The number of hydrogen-bond donors (Lipinski definition) is 0. The van der Waals surface area contributed by atoms with E-state index in [-0.39, 0.29) is 31.8 Å². The summed E-state index contributed by atoms with van der Waals surface area (Å²) >= 11 is 6.66. The van der Waals surface area contributed by atoms with Crippen LogP contribution in [0.4, 0.5) is 26.3 Å². The van der Waals surface area contributed by atoms with Gasteiger partial charge in [-0.25, -0.2) is 16.8 Å². The van der Waals surface area contributed by atoms with Gasteiger partial charge in [-0.1, -0.05) is 21.4 Å². The van der Waals surface area contributed by atoms with Crippen LogP contribution in [0, 0.1) is 0 Å². The van der Waals surface area contributed by atoms with E-state index in [0.717, 1.165) is 35.6 Å². The van der Waals surface area contributed by atoms with E-state index in [0.29, 0.717) is 0 Å². The first kappa shape index (κ1) is 26.5. The van der Waals surface area contributed by atoms with Crippen molar-refractivity contribution in [3.05, 3.63) is 81.0 Å². The Labute approximate surface area is 199 Å². The summed E-state index contributed by atoms with van der Waals surface area (Å²) in [5.74, 6) is 0. The molecule has 0 N–H and O–H groups in total. The smallest absolute Gasteiger partial charge is 0.206 e. The van der Waals surface area contributed by atoms with E-state index in [9.17, 15) is 43.2 Å². The fourth-order valence-electron chi connectivity index (χ4n) is 2.75. The highest BCUT2D eigenvalue weighted by atomic mass is 35.5. The van der Waals surface area contributed by atoms with Gasteiger partial charge in [-0.2, -0.15) is 26.3 Å². The Morgan fingerprint density at radius 2 is 1.26 bits per heavy atom. The number of hydrogen-bond acceptors (Lipinski definition) is 5.